The highest BCUT2D eigenvalue weighted by Gasteiger charge is 2.11. The summed E-state index contributed by atoms with van der Waals surface area (Å²) < 4.78 is 10.6. The van der Waals surface area contributed by atoms with Crippen LogP contribution in [0.1, 0.15) is 22.8 Å². The molecule has 0 aliphatic heterocycles. The van der Waals surface area contributed by atoms with E-state index in [0.29, 0.717) is 28.7 Å². The highest BCUT2D eigenvalue weighted by Crippen LogP contribution is 2.27. The molecule has 0 saturated heterocycles. The Kier molecular flexibility index (Phi) is 7.05. The molecule has 2 rings (SSSR count). The quantitative estimate of drug-likeness (QED) is 0.601. The van der Waals surface area contributed by atoms with Crippen molar-refractivity contribution in [3.63, 3.8) is 0 Å². The van der Waals surface area contributed by atoms with Crippen LogP contribution >= 0.6 is 11.6 Å². The van der Waals surface area contributed by atoms with Crippen LogP contribution in [0.5, 0.6) is 11.5 Å². The molecule has 26 heavy (non-hydrogen) atoms. The van der Waals surface area contributed by atoms with Gasteiger partial charge in [-0.1, -0.05) is 23.7 Å². The van der Waals surface area contributed by atoms with Gasteiger partial charge >= 0.3 is 0 Å². The fourth-order valence-corrected chi connectivity index (χ4v) is 2.30. The SMILES string of the molecule is CCOc1ccc(C(=O)NNC(=O)/C=C/c2cccc(Cl)c2)cc1OC. The average molecular weight is 375 g/mol. The van der Waals surface area contributed by atoms with Crippen LogP contribution in [-0.2, 0) is 4.79 Å². The van der Waals surface area contributed by atoms with E-state index < -0.39 is 11.8 Å². The first-order valence-electron chi connectivity index (χ1n) is 7.88. The van der Waals surface area contributed by atoms with Gasteiger partial charge in [-0.05, 0) is 48.9 Å². The number of rotatable bonds is 6. The van der Waals surface area contributed by atoms with Crippen LogP contribution in [0.3, 0.4) is 0 Å². The number of carbonyl (C=O) groups excluding carboxylic acids is 2. The first kappa shape index (κ1) is 19.3. The number of hydrogen-bond acceptors (Lipinski definition) is 4. The van der Waals surface area contributed by atoms with Crippen LogP contribution in [-0.4, -0.2) is 25.5 Å². The van der Waals surface area contributed by atoms with Crippen molar-refractivity contribution in [2.75, 3.05) is 13.7 Å². The van der Waals surface area contributed by atoms with Gasteiger partial charge in [0.2, 0.25) is 0 Å². The second kappa shape index (κ2) is 9.48. The third-order valence-corrected chi connectivity index (χ3v) is 3.54. The van der Waals surface area contributed by atoms with Gasteiger partial charge in [-0.2, -0.15) is 0 Å². The average Bonchev–Trinajstić information content (AvgIpc) is 2.65. The van der Waals surface area contributed by atoms with Crippen molar-refractivity contribution in [2.45, 2.75) is 6.92 Å². The predicted octanol–water partition coefficient (Wildman–Crippen LogP) is 3.22. The standard InChI is InChI=1S/C19H19ClN2O4/c1-3-26-16-9-8-14(12-17(16)25-2)19(24)22-21-18(23)10-7-13-5-4-6-15(20)11-13/h4-12H,3H2,1-2H3,(H,21,23)(H,22,24)/b10-7+. The second-order valence-corrected chi connectivity index (χ2v) is 5.57. The van der Waals surface area contributed by atoms with Crippen molar-refractivity contribution >= 4 is 29.5 Å². The van der Waals surface area contributed by atoms with Crippen molar-refractivity contribution < 1.29 is 19.1 Å². The van der Waals surface area contributed by atoms with Crippen molar-refractivity contribution in [1.82, 2.24) is 10.9 Å². The monoisotopic (exact) mass is 374 g/mol. The van der Waals surface area contributed by atoms with E-state index in [2.05, 4.69) is 10.9 Å². The number of benzene rings is 2. The van der Waals surface area contributed by atoms with Crippen molar-refractivity contribution in [2.24, 2.45) is 0 Å². The molecule has 0 radical (unpaired) electrons. The van der Waals surface area contributed by atoms with Crippen LogP contribution < -0.4 is 20.3 Å². The van der Waals surface area contributed by atoms with E-state index in [-0.39, 0.29) is 0 Å². The van der Waals surface area contributed by atoms with E-state index >= 15 is 0 Å². The number of halogens is 1. The Labute approximate surface area is 156 Å². The molecule has 0 aromatic heterocycles. The molecule has 2 N–H and O–H groups in total. The molecule has 0 bridgehead atoms. The van der Waals surface area contributed by atoms with Crippen LogP contribution in [0.4, 0.5) is 0 Å². The van der Waals surface area contributed by atoms with E-state index in [1.165, 1.54) is 19.3 Å². The minimum Gasteiger partial charge on any atom is -0.493 e. The van der Waals surface area contributed by atoms with Gasteiger partial charge in [-0.15, -0.1) is 0 Å². The molecule has 7 heteroatoms. The maximum absolute atomic E-state index is 12.1. The normalized spacial score (nSPS) is 10.4. The first-order valence-corrected chi connectivity index (χ1v) is 8.26. The minimum atomic E-state index is -0.476. The Bertz CT molecular complexity index is 821. The minimum absolute atomic E-state index is 0.324. The molecule has 0 aliphatic carbocycles. The van der Waals surface area contributed by atoms with Gasteiger partial charge in [0, 0.05) is 16.7 Å². The lowest BCUT2D eigenvalue weighted by atomic mass is 10.2. The lowest BCUT2D eigenvalue weighted by Gasteiger charge is -2.11. The number of amides is 2. The molecule has 0 fully saturated rings. The summed E-state index contributed by atoms with van der Waals surface area (Å²) in [4.78, 5) is 24.0. The molecular formula is C19H19ClN2O4. The number of methoxy groups -OCH3 is 1. The lowest BCUT2D eigenvalue weighted by Crippen LogP contribution is -2.40. The van der Waals surface area contributed by atoms with Gasteiger partial charge in [0.05, 0.1) is 13.7 Å². The second-order valence-electron chi connectivity index (χ2n) is 5.13. The first-order chi connectivity index (χ1) is 12.5. The molecule has 0 heterocycles. The number of hydrazine groups is 1. The third-order valence-electron chi connectivity index (χ3n) is 3.30. The van der Waals surface area contributed by atoms with Gasteiger partial charge in [0.15, 0.2) is 11.5 Å². The molecule has 6 nitrogen and oxygen atoms in total. The Morgan fingerprint density at radius 1 is 1.12 bits per heavy atom. The number of ether oxygens (including phenoxy) is 2. The van der Waals surface area contributed by atoms with Crippen molar-refractivity contribution in [3.8, 4) is 11.5 Å². The maximum atomic E-state index is 12.1. The summed E-state index contributed by atoms with van der Waals surface area (Å²) in [5.74, 6) is 0.0267. The molecular weight excluding hydrogens is 356 g/mol. The molecule has 136 valence electrons. The van der Waals surface area contributed by atoms with E-state index in [9.17, 15) is 9.59 Å². The number of hydrogen-bond donors (Lipinski definition) is 2. The Morgan fingerprint density at radius 3 is 2.62 bits per heavy atom. The molecule has 2 aromatic carbocycles. The molecule has 0 unspecified atom stereocenters. The van der Waals surface area contributed by atoms with E-state index in [1.807, 2.05) is 6.92 Å². The van der Waals surface area contributed by atoms with E-state index in [1.54, 1.807) is 42.5 Å². The number of nitrogens with one attached hydrogen (secondary N) is 2. The van der Waals surface area contributed by atoms with Crippen LogP contribution in [0, 0.1) is 0 Å². The summed E-state index contributed by atoms with van der Waals surface area (Å²) in [6.07, 6.45) is 2.89. The number of carbonyl (C=O) groups is 2. The Hall–Kier alpha value is -2.99. The molecule has 0 atom stereocenters. The Balaban J connectivity index is 1.94. The molecule has 2 aromatic rings. The Morgan fingerprint density at radius 2 is 1.92 bits per heavy atom. The summed E-state index contributed by atoms with van der Waals surface area (Å²) >= 11 is 5.88. The van der Waals surface area contributed by atoms with Crippen molar-refractivity contribution in [1.29, 1.82) is 0 Å². The van der Waals surface area contributed by atoms with Crippen LogP contribution in [0.2, 0.25) is 5.02 Å². The summed E-state index contributed by atoms with van der Waals surface area (Å²) in [6.45, 7) is 2.34. The van der Waals surface area contributed by atoms with Gasteiger partial charge < -0.3 is 9.47 Å². The fraction of sp³-hybridized carbons (Fsp3) is 0.158. The highest BCUT2D eigenvalue weighted by atomic mass is 35.5. The van der Waals surface area contributed by atoms with Gasteiger partial charge in [-0.25, -0.2) is 0 Å². The largest absolute Gasteiger partial charge is 0.493 e. The predicted molar refractivity (Wildman–Crippen MR) is 100 cm³/mol. The van der Waals surface area contributed by atoms with Gasteiger partial charge in [0.25, 0.3) is 11.8 Å². The summed E-state index contributed by atoms with van der Waals surface area (Å²) in [5.41, 5.74) is 5.75. The molecule has 0 saturated carbocycles. The van der Waals surface area contributed by atoms with E-state index in [4.69, 9.17) is 21.1 Å². The third kappa shape index (κ3) is 5.53. The van der Waals surface area contributed by atoms with Crippen LogP contribution in [0.15, 0.2) is 48.5 Å². The van der Waals surface area contributed by atoms with Gasteiger partial charge in [-0.3, -0.25) is 20.4 Å². The van der Waals surface area contributed by atoms with E-state index in [0.717, 1.165) is 5.56 Å². The molecule has 2 amide bonds. The summed E-state index contributed by atoms with van der Waals surface area (Å²) in [5, 5.41) is 0.574. The zero-order chi connectivity index (χ0) is 18.9. The maximum Gasteiger partial charge on any atom is 0.269 e. The molecule has 0 aliphatic rings. The smallest absolute Gasteiger partial charge is 0.269 e. The highest BCUT2D eigenvalue weighted by molar-refractivity contribution is 6.30. The lowest BCUT2D eigenvalue weighted by molar-refractivity contribution is -0.117. The fourth-order valence-electron chi connectivity index (χ4n) is 2.10. The van der Waals surface area contributed by atoms with Crippen LogP contribution in [0.25, 0.3) is 6.08 Å². The molecule has 0 spiro atoms. The topological polar surface area (TPSA) is 76.7 Å². The van der Waals surface area contributed by atoms with Crippen molar-refractivity contribution in [3.05, 3.63) is 64.7 Å². The zero-order valence-electron chi connectivity index (χ0n) is 14.4. The van der Waals surface area contributed by atoms with Gasteiger partial charge in [0.1, 0.15) is 0 Å². The summed E-state index contributed by atoms with van der Waals surface area (Å²) in [7, 11) is 1.49. The zero-order valence-corrected chi connectivity index (χ0v) is 15.2. The summed E-state index contributed by atoms with van der Waals surface area (Å²) in [6, 6.07) is 11.8.